The third kappa shape index (κ3) is 4.58. The van der Waals surface area contributed by atoms with Gasteiger partial charge in [-0.05, 0) is 53.7 Å². The van der Waals surface area contributed by atoms with E-state index in [4.69, 9.17) is 5.26 Å². The highest BCUT2D eigenvalue weighted by Crippen LogP contribution is 2.43. The summed E-state index contributed by atoms with van der Waals surface area (Å²) in [6, 6.07) is 8.87. The van der Waals surface area contributed by atoms with Gasteiger partial charge in [-0.25, -0.2) is 14.1 Å². The Bertz CT molecular complexity index is 1490. The molecule has 2 N–H and O–H groups in total. The summed E-state index contributed by atoms with van der Waals surface area (Å²) < 4.78 is 16.8. The maximum Gasteiger partial charge on any atom is 0.226 e. The van der Waals surface area contributed by atoms with Crippen molar-refractivity contribution >= 4 is 62.1 Å². The fraction of sp³-hybridized carbons (Fsp3) is 0.333. The van der Waals surface area contributed by atoms with Gasteiger partial charge in [0, 0.05) is 43.4 Å². The number of anilines is 1. The Hall–Kier alpha value is -3.36. The first-order chi connectivity index (χ1) is 16.9. The van der Waals surface area contributed by atoms with Crippen LogP contribution in [0.4, 0.5) is 10.3 Å². The number of hydrogen-bond acceptors (Lipinski definition) is 7. The summed E-state index contributed by atoms with van der Waals surface area (Å²) in [7, 11) is 1.62. The number of benzene rings is 1. The summed E-state index contributed by atoms with van der Waals surface area (Å²) in [5, 5.41) is 21.0. The summed E-state index contributed by atoms with van der Waals surface area (Å²) in [5.41, 5.74) is 0.741. The Morgan fingerprint density at radius 1 is 1.39 bits per heavy atom. The number of rotatable bonds is 6. The summed E-state index contributed by atoms with van der Waals surface area (Å²) in [6.45, 7) is 0. The third-order valence-electron chi connectivity index (χ3n) is 6.63. The highest BCUT2D eigenvalue weighted by atomic mass is 79.9. The molecule has 0 aliphatic heterocycles. The molecule has 0 spiro atoms. The molecule has 3 heterocycles. The Morgan fingerprint density at radius 2 is 2.22 bits per heavy atom. The number of carbonyl (C=O) groups excluding carboxylic acids is 1. The van der Waals surface area contributed by atoms with Gasteiger partial charge in [-0.15, -0.1) is 12.4 Å². The minimum atomic E-state index is -0.576. The zero-order valence-electron chi connectivity index (χ0n) is 19.3. The van der Waals surface area contributed by atoms with Crippen LogP contribution >= 0.6 is 28.3 Å². The van der Waals surface area contributed by atoms with Crippen molar-refractivity contribution in [1.29, 1.82) is 5.26 Å². The number of hydrogen-bond donors (Lipinski definition) is 2. The molecule has 36 heavy (non-hydrogen) atoms. The van der Waals surface area contributed by atoms with Crippen LogP contribution in [0.1, 0.15) is 32.1 Å². The van der Waals surface area contributed by atoms with Gasteiger partial charge >= 0.3 is 0 Å². The van der Waals surface area contributed by atoms with Gasteiger partial charge in [0.05, 0.1) is 22.6 Å². The highest BCUT2D eigenvalue weighted by Gasteiger charge is 2.44. The van der Waals surface area contributed by atoms with E-state index in [2.05, 4.69) is 52.7 Å². The van der Waals surface area contributed by atoms with Gasteiger partial charge < -0.3 is 10.6 Å². The quantitative estimate of drug-likeness (QED) is 0.343. The normalized spacial score (nSPS) is 19.1. The Labute approximate surface area is 221 Å². The van der Waals surface area contributed by atoms with E-state index < -0.39 is 11.2 Å². The van der Waals surface area contributed by atoms with Crippen LogP contribution in [-0.4, -0.2) is 43.7 Å². The van der Waals surface area contributed by atoms with Crippen molar-refractivity contribution < 1.29 is 9.18 Å². The first-order valence-corrected chi connectivity index (χ1v) is 12.0. The Morgan fingerprint density at radius 3 is 3.00 bits per heavy atom. The number of halogens is 3. The molecule has 1 fully saturated rings. The molecule has 1 aromatic carbocycles. The molecule has 0 radical (unpaired) electrons. The number of fused-ring (bicyclic) bond motifs is 2. The van der Waals surface area contributed by atoms with Gasteiger partial charge in [-0.2, -0.15) is 15.3 Å². The standard InChI is InChI=1S/C24H22BrFN8O.ClH/c1-28-22(35)24(6-3-8-27)7-5-15(12-24)31-23-30-13-17-20(25)33-34(21(17)32-23)16-10-14-4-2-9-29-19(14)18(26)11-16;/h2,4,9-11,13,15H,3,5-7,12H2,1H3,(H,28,35)(H,30,31,32);1H/t15-,24-;/m1./s1. The number of nitriles is 1. The highest BCUT2D eigenvalue weighted by molar-refractivity contribution is 9.10. The van der Waals surface area contributed by atoms with Crippen molar-refractivity contribution in [2.24, 2.45) is 5.41 Å². The van der Waals surface area contributed by atoms with E-state index in [0.717, 1.165) is 6.42 Å². The second-order valence-corrected chi connectivity index (χ2v) is 9.49. The molecule has 9 nitrogen and oxygen atoms in total. The molecule has 4 aromatic rings. The number of carbonyl (C=O) groups is 1. The fourth-order valence-electron chi connectivity index (χ4n) is 4.91. The SMILES string of the molecule is CNC(=O)[C@]1(CCC#N)CC[C@@H](Nc2ncc3c(Br)nn(-c4cc(F)c5ncccc5c4)c3n2)C1.Cl. The first kappa shape index (κ1) is 25.7. The van der Waals surface area contributed by atoms with Crippen LogP contribution in [0.2, 0.25) is 0 Å². The number of aromatic nitrogens is 5. The molecule has 1 saturated carbocycles. The Balaban J connectivity index is 0.00000304. The summed E-state index contributed by atoms with van der Waals surface area (Å²) in [4.78, 5) is 25.8. The lowest BCUT2D eigenvalue weighted by atomic mass is 9.80. The lowest BCUT2D eigenvalue weighted by molar-refractivity contribution is -0.130. The maximum atomic E-state index is 14.7. The molecule has 0 saturated heterocycles. The molecule has 5 rings (SSSR count). The molecule has 186 valence electrons. The van der Waals surface area contributed by atoms with Crippen LogP contribution in [-0.2, 0) is 4.79 Å². The zero-order chi connectivity index (χ0) is 24.6. The van der Waals surface area contributed by atoms with Crippen LogP contribution < -0.4 is 10.6 Å². The average Bonchev–Trinajstić information content (AvgIpc) is 3.43. The minimum Gasteiger partial charge on any atom is -0.359 e. The van der Waals surface area contributed by atoms with Crippen LogP contribution in [0, 0.1) is 22.6 Å². The second-order valence-electron chi connectivity index (χ2n) is 8.74. The molecule has 12 heteroatoms. The van der Waals surface area contributed by atoms with Crippen LogP contribution in [0.5, 0.6) is 0 Å². The summed E-state index contributed by atoms with van der Waals surface area (Å²) in [6.07, 6.45) is 6.08. The Kier molecular flexibility index (Phi) is 7.38. The molecule has 3 aromatic heterocycles. The van der Waals surface area contributed by atoms with E-state index in [1.165, 1.54) is 6.07 Å². The van der Waals surface area contributed by atoms with E-state index in [0.29, 0.717) is 63.9 Å². The fourth-order valence-corrected chi connectivity index (χ4v) is 5.35. The molecule has 2 atom stereocenters. The van der Waals surface area contributed by atoms with Crippen molar-refractivity contribution in [3.05, 3.63) is 47.1 Å². The molecular weight excluding hydrogens is 551 g/mol. The molecular formula is C24H23BrClFN8O. The molecule has 1 aliphatic rings. The summed E-state index contributed by atoms with van der Waals surface area (Å²) >= 11 is 3.45. The number of nitrogens with zero attached hydrogens (tertiary/aromatic N) is 6. The van der Waals surface area contributed by atoms with Crippen molar-refractivity contribution in [1.82, 2.24) is 30.0 Å². The van der Waals surface area contributed by atoms with E-state index >= 15 is 0 Å². The first-order valence-electron chi connectivity index (χ1n) is 11.3. The topological polar surface area (TPSA) is 121 Å². The molecule has 0 unspecified atom stereocenters. The van der Waals surface area contributed by atoms with E-state index in [-0.39, 0.29) is 24.4 Å². The van der Waals surface area contributed by atoms with Crippen molar-refractivity contribution in [2.75, 3.05) is 12.4 Å². The van der Waals surface area contributed by atoms with Gasteiger partial charge in [0.15, 0.2) is 11.5 Å². The van der Waals surface area contributed by atoms with Crippen LogP contribution in [0.3, 0.4) is 0 Å². The number of nitrogens with one attached hydrogen (secondary N) is 2. The van der Waals surface area contributed by atoms with Crippen LogP contribution in [0.25, 0.3) is 27.6 Å². The maximum absolute atomic E-state index is 14.7. The van der Waals surface area contributed by atoms with Gasteiger partial charge in [0.2, 0.25) is 11.9 Å². The average molecular weight is 574 g/mol. The molecule has 1 aliphatic carbocycles. The van der Waals surface area contributed by atoms with E-state index in [9.17, 15) is 9.18 Å². The lowest BCUT2D eigenvalue weighted by Gasteiger charge is -2.26. The van der Waals surface area contributed by atoms with Gasteiger partial charge in [0.25, 0.3) is 0 Å². The van der Waals surface area contributed by atoms with Crippen molar-refractivity contribution in [2.45, 2.75) is 38.1 Å². The van der Waals surface area contributed by atoms with Gasteiger partial charge in [0.1, 0.15) is 10.1 Å². The zero-order valence-corrected chi connectivity index (χ0v) is 21.7. The molecule has 1 amide bonds. The van der Waals surface area contributed by atoms with E-state index in [1.807, 2.05) is 6.07 Å². The minimum absolute atomic E-state index is 0. The second kappa shape index (κ2) is 10.3. The van der Waals surface area contributed by atoms with Gasteiger partial charge in [-0.1, -0.05) is 6.07 Å². The van der Waals surface area contributed by atoms with Crippen LogP contribution in [0.15, 0.2) is 41.3 Å². The smallest absolute Gasteiger partial charge is 0.226 e. The monoisotopic (exact) mass is 572 g/mol. The molecule has 0 bridgehead atoms. The predicted octanol–water partition coefficient (Wildman–Crippen LogP) is 4.69. The number of amides is 1. The predicted molar refractivity (Wildman–Crippen MR) is 139 cm³/mol. The third-order valence-corrected chi connectivity index (χ3v) is 7.22. The number of pyridine rings is 1. The summed E-state index contributed by atoms with van der Waals surface area (Å²) in [5.74, 6) is -0.0885. The van der Waals surface area contributed by atoms with Crippen molar-refractivity contribution in [3.8, 4) is 11.8 Å². The van der Waals surface area contributed by atoms with E-state index in [1.54, 1.807) is 36.3 Å². The van der Waals surface area contributed by atoms with Gasteiger partial charge in [-0.3, -0.25) is 9.78 Å². The van der Waals surface area contributed by atoms with Crippen molar-refractivity contribution in [3.63, 3.8) is 0 Å². The largest absolute Gasteiger partial charge is 0.359 e. The lowest BCUT2D eigenvalue weighted by Crippen LogP contribution is -2.38.